The highest BCUT2D eigenvalue weighted by molar-refractivity contribution is 5.99. The van der Waals surface area contributed by atoms with E-state index in [-0.39, 0.29) is 11.8 Å². The number of carbonyl (C=O) groups excluding carboxylic acids is 3. The molecule has 1 saturated heterocycles. The van der Waals surface area contributed by atoms with E-state index in [1.165, 1.54) is 30.0 Å². The van der Waals surface area contributed by atoms with Crippen LogP contribution in [0.3, 0.4) is 0 Å². The molecule has 1 aliphatic heterocycles. The number of anilines is 3. The van der Waals surface area contributed by atoms with E-state index in [9.17, 15) is 18.8 Å². The Morgan fingerprint density at radius 3 is 2.29 bits per heavy atom. The van der Waals surface area contributed by atoms with Crippen LogP contribution < -0.4 is 16.0 Å². The summed E-state index contributed by atoms with van der Waals surface area (Å²) in [6.45, 7) is 1.86. The minimum absolute atomic E-state index is 0.178. The van der Waals surface area contributed by atoms with Crippen molar-refractivity contribution in [3.05, 3.63) is 54.3 Å². The van der Waals surface area contributed by atoms with Gasteiger partial charge in [0.1, 0.15) is 11.9 Å². The smallest absolute Gasteiger partial charge is 0.322 e. The molecule has 8 heteroatoms. The van der Waals surface area contributed by atoms with Gasteiger partial charge in [0.15, 0.2) is 0 Å². The molecule has 2 aromatic rings. The van der Waals surface area contributed by atoms with E-state index in [2.05, 4.69) is 16.0 Å². The summed E-state index contributed by atoms with van der Waals surface area (Å²) in [7, 11) is 0. The number of amides is 4. The van der Waals surface area contributed by atoms with Gasteiger partial charge in [0.2, 0.25) is 11.8 Å². The van der Waals surface area contributed by atoms with Gasteiger partial charge in [-0.15, -0.1) is 0 Å². The van der Waals surface area contributed by atoms with Gasteiger partial charge in [0.05, 0.1) is 0 Å². The molecule has 0 aromatic heterocycles. The molecule has 28 heavy (non-hydrogen) atoms. The standard InChI is InChI=1S/C20H21FN4O3/c1-13(26)22-15-7-9-16(10-8-15)23-19(27)18-6-3-11-25(18)20(28)24-17-5-2-4-14(21)12-17/h2,4-5,7-10,12,18H,3,6,11H2,1H3,(H,22,26)(H,23,27)(H,24,28)/t18-/m1/s1. The molecule has 7 nitrogen and oxygen atoms in total. The van der Waals surface area contributed by atoms with E-state index >= 15 is 0 Å². The maximum atomic E-state index is 13.3. The molecule has 146 valence electrons. The summed E-state index contributed by atoms with van der Waals surface area (Å²) < 4.78 is 13.3. The van der Waals surface area contributed by atoms with Gasteiger partial charge in [0, 0.05) is 30.5 Å². The zero-order valence-electron chi connectivity index (χ0n) is 15.4. The lowest BCUT2D eigenvalue weighted by Gasteiger charge is -2.24. The number of nitrogens with one attached hydrogen (secondary N) is 3. The number of rotatable bonds is 4. The molecule has 0 unspecified atom stereocenters. The predicted octanol–water partition coefficient (Wildman–Crippen LogP) is 3.42. The largest absolute Gasteiger partial charge is 0.326 e. The van der Waals surface area contributed by atoms with Crippen LogP contribution in [-0.2, 0) is 9.59 Å². The maximum Gasteiger partial charge on any atom is 0.322 e. The zero-order valence-corrected chi connectivity index (χ0v) is 15.4. The topological polar surface area (TPSA) is 90.5 Å². The van der Waals surface area contributed by atoms with Gasteiger partial charge >= 0.3 is 6.03 Å². The van der Waals surface area contributed by atoms with Gasteiger partial charge in [-0.05, 0) is 55.3 Å². The first kappa shape index (κ1) is 19.3. The van der Waals surface area contributed by atoms with Crippen molar-refractivity contribution >= 4 is 34.9 Å². The van der Waals surface area contributed by atoms with Crippen molar-refractivity contribution in [2.75, 3.05) is 22.5 Å². The van der Waals surface area contributed by atoms with E-state index < -0.39 is 17.9 Å². The summed E-state index contributed by atoms with van der Waals surface area (Å²) in [6, 6.07) is 11.3. The van der Waals surface area contributed by atoms with E-state index in [1.807, 2.05) is 0 Å². The Hall–Kier alpha value is -3.42. The minimum Gasteiger partial charge on any atom is -0.326 e. The molecular weight excluding hydrogens is 363 g/mol. The second-order valence-corrected chi connectivity index (χ2v) is 6.54. The average molecular weight is 384 g/mol. The number of hydrogen-bond donors (Lipinski definition) is 3. The van der Waals surface area contributed by atoms with Crippen LogP contribution in [-0.4, -0.2) is 35.3 Å². The van der Waals surface area contributed by atoms with Crippen molar-refractivity contribution in [2.24, 2.45) is 0 Å². The van der Waals surface area contributed by atoms with Crippen molar-refractivity contribution in [1.29, 1.82) is 0 Å². The van der Waals surface area contributed by atoms with Crippen LogP contribution >= 0.6 is 0 Å². The van der Waals surface area contributed by atoms with Crippen LogP contribution in [0.5, 0.6) is 0 Å². The van der Waals surface area contributed by atoms with Crippen LogP contribution in [0.15, 0.2) is 48.5 Å². The van der Waals surface area contributed by atoms with Gasteiger partial charge < -0.3 is 20.9 Å². The highest BCUT2D eigenvalue weighted by Crippen LogP contribution is 2.22. The first-order valence-electron chi connectivity index (χ1n) is 8.94. The molecule has 0 saturated carbocycles. The Morgan fingerprint density at radius 1 is 0.964 bits per heavy atom. The second kappa shape index (κ2) is 8.51. The summed E-state index contributed by atoms with van der Waals surface area (Å²) in [5, 5.41) is 8.06. The summed E-state index contributed by atoms with van der Waals surface area (Å²) >= 11 is 0. The molecule has 4 amide bonds. The monoisotopic (exact) mass is 384 g/mol. The summed E-state index contributed by atoms with van der Waals surface area (Å²) in [5.41, 5.74) is 1.53. The lowest BCUT2D eigenvalue weighted by molar-refractivity contribution is -0.119. The average Bonchev–Trinajstić information content (AvgIpc) is 3.13. The van der Waals surface area contributed by atoms with Crippen LogP contribution in [0.1, 0.15) is 19.8 Å². The molecule has 1 fully saturated rings. The molecule has 0 bridgehead atoms. The molecule has 1 heterocycles. The van der Waals surface area contributed by atoms with E-state index in [4.69, 9.17) is 0 Å². The van der Waals surface area contributed by atoms with Crippen molar-refractivity contribution in [3.8, 4) is 0 Å². The van der Waals surface area contributed by atoms with Crippen LogP contribution in [0.2, 0.25) is 0 Å². The number of carbonyl (C=O) groups is 3. The van der Waals surface area contributed by atoms with Gasteiger partial charge in [-0.2, -0.15) is 0 Å². The quantitative estimate of drug-likeness (QED) is 0.754. The number of nitrogens with zero attached hydrogens (tertiary/aromatic N) is 1. The zero-order chi connectivity index (χ0) is 20.1. The van der Waals surface area contributed by atoms with Crippen LogP contribution in [0.4, 0.5) is 26.2 Å². The van der Waals surface area contributed by atoms with E-state index in [0.717, 1.165) is 0 Å². The van der Waals surface area contributed by atoms with E-state index in [1.54, 1.807) is 30.3 Å². The SMILES string of the molecule is CC(=O)Nc1ccc(NC(=O)[C@H]2CCCN2C(=O)Nc2cccc(F)c2)cc1. The molecule has 3 N–H and O–H groups in total. The Bertz CT molecular complexity index is 885. The summed E-state index contributed by atoms with van der Waals surface area (Å²) in [5.74, 6) is -0.918. The van der Waals surface area contributed by atoms with Gasteiger partial charge in [-0.1, -0.05) is 6.07 Å². The van der Waals surface area contributed by atoms with Gasteiger partial charge in [-0.25, -0.2) is 9.18 Å². The Labute approximate surface area is 161 Å². The third kappa shape index (κ3) is 4.85. The first-order chi connectivity index (χ1) is 13.4. The van der Waals surface area contributed by atoms with Crippen molar-refractivity contribution in [2.45, 2.75) is 25.8 Å². The lowest BCUT2D eigenvalue weighted by Crippen LogP contribution is -2.45. The Balaban J connectivity index is 1.62. The summed E-state index contributed by atoms with van der Waals surface area (Å²) in [4.78, 5) is 37.7. The lowest BCUT2D eigenvalue weighted by atomic mass is 10.2. The Kier molecular flexibility index (Phi) is 5.88. The Morgan fingerprint density at radius 2 is 1.64 bits per heavy atom. The number of urea groups is 1. The van der Waals surface area contributed by atoms with E-state index in [0.29, 0.717) is 36.4 Å². The molecule has 0 aliphatic carbocycles. The van der Waals surface area contributed by atoms with Gasteiger partial charge in [0.25, 0.3) is 0 Å². The molecule has 0 spiro atoms. The highest BCUT2D eigenvalue weighted by atomic mass is 19.1. The fourth-order valence-electron chi connectivity index (χ4n) is 3.11. The third-order valence-electron chi connectivity index (χ3n) is 4.37. The number of halogens is 1. The normalized spacial score (nSPS) is 15.8. The predicted molar refractivity (Wildman–Crippen MR) is 105 cm³/mol. The van der Waals surface area contributed by atoms with Crippen LogP contribution in [0.25, 0.3) is 0 Å². The molecule has 2 aromatic carbocycles. The second-order valence-electron chi connectivity index (χ2n) is 6.54. The van der Waals surface area contributed by atoms with Crippen LogP contribution in [0, 0.1) is 5.82 Å². The fraction of sp³-hybridized carbons (Fsp3) is 0.250. The maximum absolute atomic E-state index is 13.3. The van der Waals surface area contributed by atoms with Crippen molar-refractivity contribution < 1.29 is 18.8 Å². The molecule has 0 radical (unpaired) electrons. The fourth-order valence-corrected chi connectivity index (χ4v) is 3.11. The molecule has 3 rings (SSSR count). The molecular formula is C20H21FN4O3. The number of hydrogen-bond acceptors (Lipinski definition) is 3. The first-order valence-corrected chi connectivity index (χ1v) is 8.94. The van der Waals surface area contributed by atoms with Crippen molar-refractivity contribution in [1.82, 2.24) is 4.90 Å². The number of benzene rings is 2. The number of likely N-dealkylation sites (tertiary alicyclic amines) is 1. The highest BCUT2D eigenvalue weighted by Gasteiger charge is 2.34. The minimum atomic E-state index is -0.608. The summed E-state index contributed by atoms with van der Waals surface area (Å²) in [6.07, 6.45) is 1.25. The molecule has 1 atom stereocenters. The van der Waals surface area contributed by atoms with Crippen molar-refractivity contribution in [3.63, 3.8) is 0 Å². The van der Waals surface area contributed by atoms with Gasteiger partial charge in [-0.3, -0.25) is 9.59 Å². The molecule has 1 aliphatic rings. The third-order valence-corrected chi connectivity index (χ3v) is 4.37.